The highest BCUT2D eigenvalue weighted by atomic mass is 16.2. The standard InChI is InChI=1S/C64H102N12O12.CH5N/c1-12-39(4)53(76-75-43(8)58(66)84)57(83)55(81)42(7)71-59(85)44(9)73-62(88)64(11)31-25-21-19-17-15-13-14-16-18-20-24-30-63(10,70-34-40(5)77)51(78)37-69-50(33-45-35-67-48-27-23-22-26-47(45)48)61(87)72-41(6)54(80)56(82)49(28-29-52(65)79)68-36-46(32-38(2)3)60(86)74-64;1-2/h17,19,22-23,26-27,35,38-39,41-44,46,49-50,53,67-70,75-76H,12-16,18,20-21,24-25,28-34,36-37H2,1-11H3,(H2,65,79)(H2,66,84)(H,71,85)(H,72,87)(H,73,88)(H,74,86);2H2,1H3/b19-17+;/t39-,41?,42?,43+,44-,46+,49-,50-,53-,63+,64-;/m0./s1. The molecule has 90 heavy (non-hydrogen) atoms. The van der Waals surface area contributed by atoms with Crippen molar-refractivity contribution in [3.8, 4) is 0 Å². The number of rotatable bonds is 23. The van der Waals surface area contributed by atoms with E-state index in [0.29, 0.717) is 32.1 Å². The summed E-state index contributed by atoms with van der Waals surface area (Å²) < 4.78 is 0. The van der Waals surface area contributed by atoms with Crippen LogP contribution in [0.25, 0.3) is 10.9 Å². The minimum absolute atomic E-state index is 0.0328. The summed E-state index contributed by atoms with van der Waals surface area (Å²) in [6.45, 7) is 17.1. The number of hydrazine groups is 1. The monoisotopic (exact) mass is 1260 g/mol. The van der Waals surface area contributed by atoms with E-state index in [-0.39, 0.29) is 75.1 Å². The smallest absolute Gasteiger partial charge is 0.246 e. The summed E-state index contributed by atoms with van der Waals surface area (Å²) in [5, 5.41) is 21.0. The number of benzene rings is 1. The molecule has 3 rings (SSSR count). The molecular formula is C65H107N13O12. The van der Waals surface area contributed by atoms with Crippen molar-refractivity contribution in [3.05, 3.63) is 48.2 Å². The van der Waals surface area contributed by atoms with Crippen LogP contribution in [-0.4, -0.2) is 155 Å². The average Bonchev–Trinajstić information content (AvgIpc) is 2.69. The molecule has 0 saturated carbocycles. The highest BCUT2D eigenvalue weighted by molar-refractivity contribution is 6.41. The minimum atomic E-state index is -1.64. The van der Waals surface area contributed by atoms with E-state index in [1.54, 1.807) is 20.0 Å². The largest absolute Gasteiger partial charge is 0.370 e. The molecule has 0 spiro atoms. The Hall–Kier alpha value is -6.90. The molecule has 1 aliphatic rings. The summed E-state index contributed by atoms with van der Waals surface area (Å²) in [5.41, 5.74) is 19.6. The van der Waals surface area contributed by atoms with Crippen molar-refractivity contribution < 1.29 is 57.5 Å². The Morgan fingerprint density at radius 1 is 0.722 bits per heavy atom. The van der Waals surface area contributed by atoms with Crippen LogP contribution in [0.2, 0.25) is 0 Å². The van der Waals surface area contributed by atoms with Crippen LogP contribution in [0.4, 0.5) is 0 Å². The first kappa shape index (κ1) is 79.2. The van der Waals surface area contributed by atoms with Crippen LogP contribution in [0.3, 0.4) is 0 Å². The number of aromatic nitrogens is 1. The van der Waals surface area contributed by atoms with Gasteiger partial charge < -0.3 is 48.8 Å². The Morgan fingerprint density at radius 2 is 1.36 bits per heavy atom. The van der Waals surface area contributed by atoms with Crippen LogP contribution >= 0.6 is 0 Å². The predicted octanol–water partition coefficient (Wildman–Crippen LogP) is 2.54. The van der Waals surface area contributed by atoms with Gasteiger partial charge in [-0.2, -0.15) is 0 Å². The number of carbonyl (C=O) groups is 12. The van der Waals surface area contributed by atoms with Crippen LogP contribution in [0.5, 0.6) is 0 Å². The number of carbonyl (C=O) groups excluding carboxylic acids is 12. The first-order valence-corrected chi connectivity index (χ1v) is 32.0. The molecule has 0 fully saturated rings. The van der Waals surface area contributed by atoms with Crippen molar-refractivity contribution in [2.75, 3.05) is 26.7 Å². The van der Waals surface area contributed by atoms with E-state index in [4.69, 9.17) is 11.5 Å². The molecule has 0 radical (unpaired) electrons. The third-order valence-electron chi connectivity index (χ3n) is 16.5. The molecule has 25 heteroatoms. The second-order valence-electron chi connectivity index (χ2n) is 24.8. The van der Waals surface area contributed by atoms with Gasteiger partial charge in [-0.3, -0.25) is 68.2 Å². The molecule has 0 saturated heterocycles. The summed E-state index contributed by atoms with van der Waals surface area (Å²) in [4.78, 5) is 166. The highest BCUT2D eigenvalue weighted by Gasteiger charge is 2.40. The van der Waals surface area contributed by atoms with Crippen LogP contribution < -0.4 is 65.3 Å². The molecular weight excluding hydrogens is 1150 g/mol. The number of aromatic amines is 1. The zero-order valence-electron chi connectivity index (χ0n) is 55.4. The number of H-pyrrole nitrogens is 1. The van der Waals surface area contributed by atoms with E-state index in [1.807, 2.05) is 51.1 Å². The number of Topliss-reactive ketones (excluding diaryl/α,β-unsaturated/α-hetero) is 6. The van der Waals surface area contributed by atoms with Crippen molar-refractivity contribution >= 4 is 81.0 Å². The van der Waals surface area contributed by atoms with Gasteiger partial charge >= 0.3 is 0 Å². The molecule has 16 N–H and O–H groups in total. The van der Waals surface area contributed by atoms with Gasteiger partial charge in [0.2, 0.25) is 58.6 Å². The van der Waals surface area contributed by atoms with Gasteiger partial charge in [0.25, 0.3) is 0 Å². The molecule has 2 heterocycles. The summed E-state index contributed by atoms with van der Waals surface area (Å²) >= 11 is 0. The molecule has 2 unspecified atom stereocenters. The molecule has 504 valence electrons. The summed E-state index contributed by atoms with van der Waals surface area (Å²) in [6.07, 6.45) is 13.7. The lowest BCUT2D eigenvalue weighted by atomic mass is 9.88. The summed E-state index contributed by atoms with van der Waals surface area (Å²) in [6, 6.07) is -0.910. The first-order chi connectivity index (χ1) is 42.4. The van der Waals surface area contributed by atoms with E-state index in [2.05, 4.69) is 64.9 Å². The lowest BCUT2D eigenvalue weighted by molar-refractivity contribution is -0.141. The Balaban J connectivity index is 0.0000137. The van der Waals surface area contributed by atoms with Gasteiger partial charge in [-0.25, -0.2) is 10.9 Å². The fourth-order valence-electron chi connectivity index (χ4n) is 10.4. The third-order valence-corrected chi connectivity index (χ3v) is 16.5. The highest BCUT2D eigenvalue weighted by Crippen LogP contribution is 2.23. The van der Waals surface area contributed by atoms with Gasteiger partial charge in [0.1, 0.15) is 17.4 Å². The number of fused-ring (bicyclic) bond motifs is 1. The SMILES string of the molecule is CC[C@H](C)[C@H](NN[C@H](C)C(N)=O)C(=O)C(=O)C(C)NC(=O)[C@H](C)NC(=O)[C@]1(C)CCC/C=C/CCCCCCCC[C@@](C)(NCC(C)=O)C(=O)CN[C@@H](Cc2c[nH]c3ccccc23)C(=O)NC(C)C(=O)C(=O)[C@H](CCC(N)=O)NC[C@@H](CC(C)C)C(=O)N1.CN. The third kappa shape index (κ3) is 26.5. The Labute approximate surface area is 531 Å². The number of para-hydroxylation sites is 1. The number of ketones is 6. The maximum absolute atomic E-state index is 14.7. The number of allylic oxidation sites excluding steroid dienone is 2. The maximum atomic E-state index is 14.7. The molecule has 1 aliphatic heterocycles. The van der Waals surface area contributed by atoms with Crippen LogP contribution in [0.15, 0.2) is 42.6 Å². The van der Waals surface area contributed by atoms with Gasteiger partial charge in [-0.15, -0.1) is 0 Å². The Morgan fingerprint density at radius 3 is 1.98 bits per heavy atom. The normalized spacial score (nSPS) is 24.1. The minimum Gasteiger partial charge on any atom is -0.370 e. The van der Waals surface area contributed by atoms with Gasteiger partial charge in [0, 0.05) is 30.1 Å². The van der Waals surface area contributed by atoms with E-state index in [0.717, 1.165) is 55.0 Å². The number of primary amides is 2. The van der Waals surface area contributed by atoms with Gasteiger partial charge in [-0.1, -0.05) is 96.6 Å². The molecule has 11 atom stereocenters. The van der Waals surface area contributed by atoms with Crippen LogP contribution in [0, 0.1) is 17.8 Å². The van der Waals surface area contributed by atoms with E-state index >= 15 is 0 Å². The first-order valence-electron chi connectivity index (χ1n) is 32.0. The lowest BCUT2D eigenvalue weighted by Crippen LogP contribution is -2.62. The van der Waals surface area contributed by atoms with Gasteiger partial charge in [0.05, 0.1) is 60.8 Å². The van der Waals surface area contributed by atoms with Crippen LogP contribution in [0.1, 0.15) is 178 Å². The molecule has 25 nitrogen and oxygen atoms in total. The van der Waals surface area contributed by atoms with Crippen molar-refractivity contribution in [2.45, 2.75) is 232 Å². The van der Waals surface area contributed by atoms with Crippen molar-refractivity contribution in [3.63, 3.8) is 0 Å². The fraction of sp³-hybridized carbons (Fsp3) is 0.662. The van der Waals surface area contributed by atoms with E-state index in [1.165, 1.54) is 48.6 Å². The van der Waals surface area contributed by atoms with Gasteiger partial charge in [-0.05, 0) is 137 Å². The second-order valence-corrected chi connectivity index (χ2v) is 24.8. The number of hydrogen-bond donors (Lipinski definition) is 13. The van der Waals surface area contributed by atoms with Crippen molar-refractivity contribution in [1.82, 2.24) is 53.1 Å². The average molecular weight is 1260 g/mol. The zero-order chi connectivity index (χ0) is 67.9. The second kappa shape index (κ2) is 40.1. The molecule has 0 bridgehead atoms. The Bertz CT molecular complexity index is 2770. The zero-order valence-corrected chi connectivity index (χ0v) is 55.4. The van der Waals surface area contributed by atoms with E-state index < -0.39 is 118 Å². The van der Waals surface area contributed by atoms with Crippen molar-refractivity contribution in [2.24, 2.45) is 35.0 Å². The molecule has 2 aromatic rings. The molecule has 0 aliphatic carbocycles. The predicted molar refractivity (Wildman–Crippen MR) is 347 cm³/mol. The Kier molecular flexibility index (Phi) is 35.3. The van der Waals surface area contributed by atoms with Crippen molar-refractivity contribution in [1.29, 1.82) is 0 Å². The topological polar surface area (TPSA) is 407 Å². The number of amides is 6. The quantitative estimate of drug-likeness (QED) is 0.0432. The molecule has 1 aromatic heterocycles. The number of nitrogens with one attached hydrogen (secondary N) is 10. The lowest BCUT2D eigenvalue weighted by Gasteiger charge is -2.33. The molecule has 6 amide bonds. The van der Waals surface area contributed by atoms with Gasteiger partial charge in [0.15, 0.2) is 5.78 Å². The maximum Gasteiger partial charge on any atom is 0.246 e. The summed E-state index contributed by atoms with van der Waals surface area (Å²) in [7, 11) is 1.50. The molecule has 1 aromatic carbocycles. The number of hydrogen-bond acceptors (Lipinski definition) is 18. The number of nitrogens with two attached hydrogens (primary N) is 3. The fourth-order valence-corrected chi connectivity index (χ4v) is 10.4. The van der Waals surface area contributed by atoms with E-state index in [9.17, 15) is 57.5 Å². The summed E-state index contributed by atoms with van der Waals surface area (Å²) in [5.74, 6) is -9.86. The van der Waals surface area contributed by atoms with Crippen LogP contribution in [-0.2, 0) is 64.0 Å².